The lowest BCUT2D eigenvalue weighted by Crippen LogP contribution is -2.44. The molecule has 8 nitrogen and oxygen atoms in total. The van der Waals surface area contributed by atoms with Gasteiger partial charge in [-0.25, -0.2) is 0 Å². The molecule has 3 aliphatic heterocycles. The van der Waals surface area contributed by atoms with Gasteiger partial charge < -0.3 is 19.1 Å². The monoisotopic (exact) mass is 422 g/mol. The van der Waals surface area contributed by atoms with Crippen LogP contribution in [0.4, 0.5) is 0 Å². The number of likely N-dealkylation sites (tertiary alicyclic amines) is 1. The summed E-state index contributed by atoms with van der Waals surface area (Å²) in [6.45, 7) is 7.05. The first kappa shape index (κ1) is 19.9. The Labute approximate surface area is 180 Å². The van der Waals surface area contributed by atoms with Gasteiger partial charge >= 0.3 is 0 Å². The number of aryl methyl sites for hydroxylation is 3. The van der Waals surface area contributed by atoms with Gasteiger partial charge in [0.25, 0.3) is 0 Å². The highest BCUT2D eigenvalue weighted by Crippen LogP contribution is 2.52. The van der Waals surface area contributed by atoms with E-state index in [1.807, 2.05) is 17.1 Å². The van der Waals surface area contributed by atoms with Gasteiger partial charge in [0.1, 0.15) is 5.60 Å². The normalized spacial score (nSPS) is 28.5. The third-order valence-electron chi connectivity index (χ3n) is 6.73. The first-order valence-corrected chi connectivity index (χ1v) is 10.5. The van der Waals surface area contributed by atoms with Crippen molar-refractivity contribution in [3.05, 3.63) is 58.8 Å². The minimum atomic E-state index is -0.717. The van der Waals surface area contributed by atoms with E-state index in [9.17, 15) is 9.59 Å². The molecule has 5 rings (SSSR count). The Morgan fingerprint density at radius 1 is 1.29 bits per heavy atom. The first-order chi connectivity index (χ1) is 14.8. The van der Waals surface area contributed by atoms with Crippen LogP contribution in [0.3, 0.4) is 0 Å². The second kappa shape index (κ2) is 7.02. The zero-order chi connectivity index (χ0) is 21.9. The van der Waals surface area contributed by atoms with Crippen molar-refractivity contribution in [2.45, 2.75) is 45.6 Å². The van der Waals surface area contributed by atoms with E-state index in [-0.39, 0.29) is 24.5 Å². The van der Waals surface area contributed by atoms with E-state index in [2.05, 4.69) is 42.2 Å². The number of fused-ring (bicyclic) bond motifs is 1. The van der Waals surface area contributed by atoms with Gasteiger partial charge in [-0.3, -0.25) is 9.59 Å². The number of rotatable bonds is 5. The fourth-order valence-electron chi connectivity index (χ4n) is 5.07. The van der Waals surface area contributed by atoms with Crippen LogP contribution in [0.25, 0.3) is 0 Å². The van der Waals surface area contributed by atoms with E-state index in [1.165, 1.54) is 11.1 Å². The maximum Gasteiger partial charge on any atom is 0.230 e. The standard InChI is InChI=1S/C23H26N4O4/c1-13-5-6-16(9-14(13)2)10-27-12-23-8-7-17(30-23)19(20(23)22(27)29)21(28)26(4)11-18-24-15(3)31-25-18/h5-9,17,19-20H,10-12H2,1-4H3/t17-,19+,20-,23-/m0/s1. The van der Waals surface area contributed by atoms with Gasteiger partial charge in [-0.15, -0.1) is 0 Å². The zero-order valence-corrected chi connectivity index (χ0v) is 18.2. The van der Waals surface area contributed by atoms with Gasteiger partial charge in [0.05, 0.1) is 31.0 Å². The third kappa shape index (κ3) is 3.17. The van der Waals surface area contributed by atoms with Gasteiger partial charge in [0.15, 0.2) is 5.82 Å². The lowest BCUT2D eigenvalue weighted by atomic mass is 9.76. The summed E-state index contributed by atoms with van der Waals surface area (Å²) in [5.41, 5.74) is 2.79. The van der Waals surface area contributed by atoms with Crippen molar-refractivity contribution in [3.63, 3.8) is 0 Å². The number of carbonyl (C=O) groups is 2. The molecule has 2 fully saturated rings. The number of hydrogen-bond acceptors (Lipinski definition) is 6. The summed E-state index contributed by atoms with van der Waals surface area (Å²) in [5, 5.41) is 3.86. The van der Waals surface area contributed by atoms with Crippen LogP contribution in [0, 0.1) is 32.6 Å². The van der Waals surface area contributed by atoms with Crippen molar-refractivity contribution in [3.8, 4) is 0 Å². The second-order valence-electron chi connectivity index (χ2n) is 8.94. The summed E-state index contributed by atoms with van der Waals surface area (Å²) in [5.74, 6) is -0.306. The Bertz CT molecular complexity index is 1090. The molecular weight excluding hydrogens is 396 g/mol. The smallest absolute Gasteiger partial charge is 0.230 e. The second-order valence-corrected chi connectivity index (χ2v) is 8.94. The molecule has 0 unspecified atom stereocenters. The third-order valence-corrected chi connectivity index (χ3v) is 6.73. The zero-order valence-electron chi connectivity index (χ0n) is 18.2. The summed E-state index contributed by atoms with van der Waals surface area (Å²) in [7, 11) is 1.70. The number of aromatic nitrogens is 2. The summed E-state index contributed by atoms with van der Waals surface area (Å²) in [6, 6.07) is 6.25. The lowest BCUT2D eigenvalue weighted by molar-refractivity contribution is -0.143. The van der Waals surface area contributed by atoms with E-state index >= 15 is 0 Å². The fraction of sp³-hybridized carbons (Fsp3) is 0.478. The van der Waals surface area contributed by atoms with Crippen LogP contribution in [-0.4, -0.2) is 57.1 Å². The molecule has 0 saturated carbocycles. The average molecular weight is 422 g/mol. The molecule has 0 radical (unpaired) electrons. The lowest BCUT2D eigenvalue weighted by Gasteiger charge is -2.27. The molecule has 8 heteroatoms. The molecule has 4 atom stereocenters. The minimum absolute atomic E-state index is 0.0211. The predicted molar refractivity (Wildman–Crippen MR) is 111 cm³/mol. The molecule has 162 valence electrons. The van der Waals surface area contributed by atoms with E-state index in [1.54, 1.807) is 18.9 Å². The van der Waals surface area contributed by atoms with Crippen LogP contribution in [0.2, 0.25) is 0 Å². The van der Waals surface area contributed by atoms with E-state index in [0.717, 1.165) is 5.56 Å². The number of hydrogen-bond donors (Lipinski definition) is 0. The van der Waals surface area contributed by atoms with Crippen molar-refractivity contribution in [1.29, 1.82) is 0 Å². The van der Waals surface area contributed by atoms with Gasteiger partial charge in [-0.2, -0.15) is 4.98 Å². The van der Waals surface area contributed by atoms with Crippen molar-refractivity contribution >= 4 is 11.8 Å². The number of carbonyl (C=O) groups excluding carboxylic acids is 2. The molecule has 2 saturated heterocycles. The predicted octanol–water partition coefficient (Wildman–Crippen LogP) is 1.94. The number of benzene rings is 1. The molecule has 2 bridgehead atoms. The maximum absolute atomic E-state index is 13.4. The highest BCUT2D eigenvalue weighted by Gasteiger charge is 2.67. The Kier molecular flexibility index (Phi) is 4.51. The Morgan fingerprint density at radius 2 is 2.10 bits per heavy atom. The van der Waals surface area contributed by atoms with Gasteiger partial charge in [-0.1, -0.05) is 35.5 Å². The van der Waals surface area contributed by atoms with Crippen LogP contribution in [0.5, 0.6) is 0 Å². The van der Waals surface area contributed by atoms with E-state index in [0.29, 0.717) is 24.8 Å². The summed E-state index contributed by atoms with van der Waals surface area (Å²) < 4.78 is 11.2. The minimum Gasteiger partial charge on any atom is -0.360 e. The molecule has 3 aliphatic rings. The molecule has 1 aromatic heterocycles. The molecule has 0 N–H and O–H groups in total. The average Bonchev–Trinajstić information content (AvgIpc) is 3.46. The highest BCUT2D eigenvalue weighted by molar-refractivity contribution is 5.93. The van der Waals surface area contributed by atoms with Gasteiger partial charge in [-0.05, 0) is 30.5 Å². The van der Waals surface area contributed by atoms with Crippen molar-refractivity contribution in [2.75, 3.05) is 13.6 Å². The van der Waals surface area contributed by atoms with Crippen LogP contribution in [0.15, 0.2) is 34.9 Å². The summed E-state index contributed by atoms with van der Waals surface area (Å²) >= 11 is 0. The quantitative estimate of drug-likeness (QED) is 0.684. The number of ether oxygens (including phenoxy) is 1. The molecular formula is C23H26N4O4. The van der Waals surface area contributed by atoms with E-state index in [4.69, 9.17) is 9.26 Å². The Hall–Kier alpha value is -3.00. The summed E-state index contributed by atoms with van der Waals surface area (Å²) in [6.07, 6.45) is 3.53. The van der Waals surface area contributed by atoms with E-state index < -0.39 is 17.4 Å². The molecule has 31 heavy (non-hydrogen) atoms. The van der Waals surface area contributed by atoms with Crippen molar-refractivity contribution < 1.29 is 18.8 Å². The van der Waals surface area contributed by atoms with Crippen LogP contribution in [-0.2, 0) is 27.4 Å². The van der Waals surface area contributed by atoms with Crippen LogP contribution < -0.4 is 0 Å². The molecule has 0 aliphatic carbocycles. The number of nitrogens with zero attached hydrogens (tertiary/aromatic N) is 4. The number of amides is 2. The molecule has 4 heterocycles. The van der Waals surface area contributed by atoms with Crippen molar-refractivity contribution in [2.24, 2.45) is 11.8 Å². The molecule has 1 aromatic carbocycles. The van der Waals surface area contributed by atoms with Gasteiger partial charge in [0, 0.05) is 20.5 Å². The fourth-order valence-corrected chi connectivity index (χ4v) is 5.07. The topological polar surface area (TPSA) is 88.8 Å². The maximum atomic E-state index is 13.4. The molecule has 2 aromatic rings. The molecule has 2 amide bonds. The Balaban J connectivity index is 1.35. The summed E-state index contributed by atoms with van der Waals surface area (Å²) in [4.78, 5) is 34.3. The van der Waals surface area contributed by atoms with Gasteiger partial charge in [0.2, 0.25) is 17.7 Å². The SMILES string of the molecule is Cc1nc(CN(C)C(=O)[C@@H]2[C@@H]3C=C[C@@]4(CN(Cc5ccc(C)c(C)c5)C(=O)[C@H]24)O3)no1. The molecule has 1 spiro atoms. The van der Waals surface area contributed by atoms with Crippen LogP contribution in [0.1, 0.15) is 28.4 Å². The Morgan fingerprint density at radius 3 is 2.81 bits per heavy atom. The first-order valence-electron chi connectivity index (χ1n) is 10.5. The largest absolute Gasteiger partial charge is 0.360 e. The highest BCUT2D eigenvalue weighted by atomic mass is 16.5. The van der Waals surface area contributed by atoms with Crippen LogP contribution >= 0.6 is 0 Å². The van der Waals surface area contributed by atoms with Crippen molar-refractivity contribution in [1.82, 2.24) is 19.9 Å².